The average Bonchev–Trinajstić information content (AvgIpc) is 2.91. The van der Waals surface area contributed by atoms with Gasteiger partial charge in [0, 0.05) is 19.1 Å². The van der Waals surface area contributed by atoms with Gasteiger partial charge in [0.15, 0.2) is 0 Å². The molecule has 1 aliphatic heterocycles. The topological polar surface area (TPSA) is 39.1 Å². The van der Waals surface area contributed by atoms with Crippen LogP contribution in [0.25, 0.3) is 0 Å². The third-order valence-corrected chi connectivity index (χ3v) is 3.52. The summed E-state index contributed by atoms with van der Waals surface area (Å²) in [5.41, 5.74) is 1.35. The summed E-state index contributed by atoms with van der Waals surface area (Å²) in [5, 5.41) is 12.4. The van der Waals surface area contributed by atoms with Gasteiger partial charge in [-0.15, -0.1) is 0 Å². The molecule has 96 valence electrons. The summed E-state index contributed by atoms with van der Waals surface area (Å²) in [4.78, 5) is 2.34. The zero-order valence-electron chi connectivity index (χ0n) is 10.6. The van der Waals surface area contributed by atoms with E-state index in [0.29, 0.717) is 18.2 Å². The number of halogens is 1. The molecule has 3 nitrogen and oxygen atoms in total. The van der Waals surface area contributed by atoms with Crippen LogP contribution in [-0.2, 0) is 6.54 Å². The van der Waals surface area contributed by atoms with Crippen molar-refractivity contribution in [2.45, 2.75) is 25.9 Å². The Morgan fingerprint density at radius 2 is 2.39 bits per heavy atom. The zero-order chi connectivity index (χ0) is 13.0. The zero-order valence-corrected chi connectivity index (χ0v) is 10.6. The predicted molar refractivity (Wildman–Crippen MR) is 68.5 cm³/mol. The molecule has 0 aliphatic carbocycles. The molecule has 0 saturated carbocycles. The van der Waals surface area contributed by atoms with Crippen molar-refractivity contribution in [1.29, 1.82) is 5.26 Å². The number of likely N-dealkylation sites (N-methyl/N-ethyl adjacent to an activating group) is 1. The predicted octanol–water partition coefficient (Wildman–Crippen LogP) is 1.88. The van der Waals surface area contributed by atoms with Gasteiger partial charge in [0.1, 0.15) is 5.82 Å². The fourth-order valence-corrected chi connectivity index (χ4v) is 2.46. The highest BCUT2D eigenvalue weighted by Gasteiger charge is 2.21. The molecule has 0 aromatic heterocycles. The Morgan fingerprint density at radius 3 is 3.00 bits per heavy atom. The summed E-state index contributed by atoms with van der Waals surface area (Å²) in [6, 6.07) is 7.06. The highest BCUT2D eigenvalue weighted by Crippen LogP contribution is 2.16. The Hall–Kier alpha value is -1.44. The van der Waals surface area contributed by atoms with Crippen molar-refractivity contribution in [3.05, 3.63) is 35.1 Å². The van der Waals surface area contributed by atoms with E-state index in [0.717, 1.165) is 31.6 Å². The Bertz CT molecular complexity index is 447. The molecule has 1 aliphatic rings. The van der Waals surface area contributed by atoms with Crippen molar-refractivity contribution >= 4 is 0 Å². The Morgan fingerprint density at radius 1 is 1.56 bits per heavy atom. The molecular formula is C14H18FN3. The van der Waals surface area contributed by atoms with E-state index < -0.39 is 0 Å². The van der Waals surface area contributed by atoms with E-state index in [2.05, 4.69) is 23.2 Å². The van der Waals surface area contributed by atoms with Crippen molar-refractivity contribution in [3.8, 4) is 6.07 Å². The summed E-state index contributed by atoms with van der Waals surface area (Å²) < 4.78 is 13.1. The highest BCUT2D eigenvalue weighted by atomic mass is 19.1. The summed E-state index contributed by atoms with van der Waals surface area (Å²) in [6.45, 7) is 5.82. The lowest BCUT2D eigenvalue weighted by Crippen LogP contribution is -2.36. The molecule has 1 aromatic carbocycles. The van der Waals surface area contributed by atoms with E-state index in [4.69, 9.17) is 5.26 Å². The molecule has 0 amide bonds. The maximum Gasteiger partial charge on any atom is 0.124 e. The van der Waals surface area contributed by atoms with Crippen molar-refractivity contribution in [2.75, 3.05) is 19.6 Å². The summed E-state index contributed by atoms with van der Waals surface area (Å²) in [5.74, 6) is -0.346. The smallest absolute Gasteiger partial charge is 0.124 e. The van der Waals surface area contributed by atoms with Gasteiger partial charge in [0.05, 0.1) is 11.6 Å². The largest absolute Gasteiger partial charge is 0.315 e. The SMILES string of the molecule is CCN(Cc1ccc(F)cc1C#N)C1CCNC1. The van der Waals surface area contributed by atoms with Gasteiger partial charge in [-0.25, -0.2) is 4.39 Å². The first-order chi connectivity index (χ1) is 8.74. The number of nitriles is 1. The van der Waals surface area contributed by atoms with E-state index in [1.165, 1.54) is 12.1 Å². The first-order valence-electron chi connectivity index (χ1n) is 6.38. The number of rotatable bonds is 4. The van der Waals surface area contributed by atoms with Crippen molar-refractivity contribution < 1.29 is 4.39 Å². The molecule has 0 bridgehead atoms. The first-order valence-corrected chi connectivity index (χ1v) is 6.38. The fraction of sp³-hybridized carbons (Fsp3) is 0.500. The molecule has 1 fully saturated rings. The average molecular weight is 247 g/mol. The van der Waals surface area contributed by atoms with Crippen molar-refractivity contribution in [2.24, 2.45) is 0 Å². The quantitative estimate of drug-likeness (QED) is 0.883. The number of nitrogens with zero attached hydrogens (tertiary/aromatic N) is 2. The third-order valence-electron chi connectivity index (χ3n) is 3.52. The minimum Gasteiger partial charge on any atom is -0.315 e. The van der Waals surface area contributed by atoms with Gasteiger partial charge in [-0.2, -0.15) is 5.26 Å². The second-order valence-electron chi connectivity index (χ2n) is 4.62. The van der Waals surface area contributed by atoms with Gasteiger partial charge in [0.25, 0.3) is 0 Å². The second kappa shape index (κ2) is 5.94. The molecule has 1 saturated heterocycles. The van der Waals surface area contributed by atoms with Crippen molar-refractivity contribution in [1.82, 2.24) is 10.2 Å². The van der Waals surface area contributed by atoms with Crippen molar-refractivity contribution in [3.63, 3.8) is 0 Å². The van der Waals surface area contributed by atoms with Crippen LogP contribution >= 0.6 is 0 Å². The molecule has 18 heavy (non-hydrogen) atoms. The molecule has 1 atom stereocenters. The molecule has 0 radical (unpaired) electrons. The fourth-order valence-electron chi connectivity index (χ4n) is 2.46. The Balaban J connectivity index is 2.14. The minimum absolute atomic E-state index is 0.346. The van der Waals surface area contributed by atoms with Crippen LogP contribution in [-0.4, -0.2) is 30.6 Å². The first kappa shape index (κ1) is 13.0. The van der Waals surface area contributed by atoms with E-state index in [9.17, 15) is 4.39 Å². The lowest BCUT2D eigenvalue weighted by Gasteiger charge is -2.27. The van der Waals surface area contributed by atoms with Crippen LogP contribution < -0.4 is 5.32 Å². The van der Waals surface area contributed by atoms with Crippen LogP contribution in [0, 0.1) is 17.1 Å². The maximum atomic E-state index is 13.1. The normalized spacial score (nSPS) is 19.1. The standard InChI is InChI=1S/C14H18FN3/c1-2-18(14-5-6-17-9-14)10-11-3-4-13(15)7-12(11)8-16/h3-4,7,14,17H,2,5-6,9-10H2,1H3. The summed E-state index contributed by atoms with van der Waals surface area (Å²) in [7, 11) is 0. The third kappa shape index (κ3) is 2.87. The lowest BCUT2D eigenvalue weighted by atomic mass is 10.1. The molecule has 1 heterocycles. The number of benzene rings is 1. The van der Waals surface area contributed by atoms with E-state index in [1.54, 1.807) is 6.07 Å². The van der Waals surface area contributed by atoms with Crippen LogP contribution in [0.4, 0.5) is 4.39 Å². The molecule has 2 rings (SSSR count). The molecule has 4 heteroatoms. The monoisotopic (exact) mass is 247 g/mol. The molecule has 0 spiro atoms. The van der Waals surface area contributed by atoms with E-state index in [1.807, 2.05) is 0 Å². The van der Waals surface area contributed by atoms with Gasteiger partial charge in [-0.1, -0.05) is 13.0 Å². The summed E-state index contributed by atoms with van der Waals surface area (Å²) in [6.07, 6.45) is 1.14. The number of hydrogen-bond acceptors (Lipinski definition) is 3. The maximum absolute atomic E-state index is 13.1. The van der Waals surface area contributed by atoms with Gasteiger partial charge in [-0.3, -0.25) is 4.90 Å². The van der Waals surface area contributed by atoms with E-state index in [-0.39, 0.29) is 5.82 Å². The van der Waals surface area contributed by atoms with E-state index >= 15 is 0 Å². The Labute approximate surface area is 107 Å². The number of hydrogen-bond donors (Lipinski definition) is 1. The lowest BCUT2D eigenvalue weighted by molar-refractivity contribution is 0.210. The molecule has 1 unspecified atom stereocenters. The van der Waals surface area contributed by atoms with Crippen LogP contribution in [0.2, 0.25) is 0 Å². The Kier molecular flexibility index (Phi) is 4.29. The van der Waals surface area contributed by atoms with Crippen LogP contribution in [0.15, 0.2) is 18.2 Å². The van der Waals surface area contributed by atoms with Gasteiger partial charge in [-0.05, 0) is 37.2 Å². The second-order valence-corrected chi connectivity index (χ2v) is 4.62. The molecule has 1 aromatic rings. The summed E-state index contributed by atoms with van der Waals surface area (Å²) >= 11 is 0. The van der Waals surface area contributed by atoms with Crippen LogP contribution in [0.1, 0.15) is 24.5 Å². The number of nitrogens with one attached hydrogen (secondary N) is 1. The molecule has 1 N–H and O–H groups in total. The van der Waals surface area contributed by atoms with Gasteiger partial charge >= 0.3 is 0 Å². The molecular weight excluding hydrogens is 229 g/mol. The van der Waals surface area contributed by atoms with Crippen LogP contribution in [0.3, 0.4) is 0 Å². The van der Waals surface area contributed by atoms with Gasteiger partial charge in [0.2, 0.25) is 0 Å². The van der Waals surface area contributed by atoms with Crippen LogP contribution in [0.5, 0.6) is 0 Å². The minimum atomic E-state index is -0.346. The van der Waals surface area contributed by atoms with Gasteiger partial charge < -0.3 is 5.32 Å². The highest BCUT2D eigenvalue weighted by molar-refractivity contribution is 5.37.